The van der Waals surface area contributed by atoms with Crippen molar-refractivity contribution in [3.63, 3.8) is 0 Å². The van der Waals surface area contributed by atoms with E-state index in [0.717, 1.165) is 23.6 Å². The van der Waals surface area contributed by atoms with Gasteiger partial charge < -0.3 is 21.3 Å². The number of urea groups is 1. The fraction of sp³-hybridized carbons (Fsp3) is 0.480. The Morgan fingerprint density at radius 2 is 1.81 bits per heavy atom. The molecule has 36 heavy (non-hydrogen) atoms. The van der Waals surface area contributed by atoms with Gasteiger partial charge in [-0.3, -0.25) is 10.2 Å². The first-order chi connectivity index (χ1) is 17.1. The third-order valence-corrected chi connectivity index (χ3v) is 8.06. The molecule has 196 valence electrons. The van der Waals surface area contributed by atoms with E-state index in [1.807, 2.05) is 31.2 Å². The van der Waals surface area contributed by atoms with E-state index in [0.29, 0.717) is 32.5 Å². The minimum atomic E-state index is -3.94. The lowest BCUT2D eigenvalue weighted by Gasteiger charge is -2.32. The minimum absolute atomic E-state index is 0.0606. The van der Waals surface area contributed by atoms with Crippen LogP contribution in [0.1, 0.15) is 39.5 Å². The van der Waals surface area contributed by atoms with E-state index in [9.17, 15) is 18.0 Å². The number of nitrogens with zero attached hydrogens (tertiary/aromatic N) is 1. The van der Waals surface area contributed by atoms with Crippen molar-refractivity contribution in [2.75, 3.05) is 19.6 Å². The van der Waals surface area contributed by atoms with Crippen molar-refractivity contribution in [1.82, 2.24) is 20.3 Å². The summed E-state index contributed by atoms with van der Waals surface area (Å²) in [5.74, 6) is -0.0732. The lowest BCUT2D eigenvalue weighted by molar-refractivity contribution is -0.122. The molecule has 0 bridgehead atoms. The predicted molar refractivity (Wildman–Crippen MR) is 140 cm³/mol. The van der Waals surface area contributed by atoms with Crippen LogP contribution in [0.3, 0.4) is 0 Å². The van der Waals surface area contributed by atoms with Crippen molar-refractivity contribution in [3.05, 3.63) is 42.5 Å². The Morgan fingerprint density at radius 1 is 1.14 bits per heavy atom. The fourth-order valence-corrected chi connectivity index (χ4v) is 5.64. The van der Waals surface area contributed by atoms with Crippen LogP contribution in [0.15, 0.2) is 47.4 Å². The molecular formula is C25H36N6O4S. The number of hydrogen-bond acceptors (Lipinski definition) is 5. The van der Waals surface area contributed by atoms with Crippen LogP contribution in [0.2, 0.25) is 0 Å². The van der Waals surface area contributed by atoms with Gasteiger partial charge in [0, 0.05) is 19.6 Å². The summed E-state index contributed by atoms with van der Waals surface area (Å²) in [5.41, 5.74) is 5.52. The Bertz CT molecular complexity index is 1190. The number of Topliss-reactive ketones (excluding diaryl/α,β-unsaturated/α-hetero) is 1. The molecule has 1 aliphatic rings. The predicted octanol–water partition coefficient (Wildman–Crippen LogP) is 2.15. The molecule has 0 aliphatic carbocycles. The number of nitrogens with two attached hydrogens (primary N) is 1. The highest BCUT2D eigenvalue weighted by molar-refractivity contribution is 7.89. The summed E-state index contributed by atoms with van der Waals surface area (Å²) in [6, 6.07) is 9.96. The molecule has 2 aromatic rings. The van der Waals surface area contributed by atoms with Crippen LogP contribution >= 0.6 is 0 Å². The number of sulfonamides is 1. The molecule has 10 nitrogen and oxygen atoms in total. The zero-order valence-corrected chi connectivity index (χ0v) is 21.6. The number of ketones is 1. The summed E-state index contributed by atoms with van der Waals surface area (Å²) in [6.07, 6.45) is 2.66. The van der Waals surface area contributed by atoms with Gasteiger partial charge in [-0.2, -0.15) is 0 Å². The van der Waals surface area contributed by atoms with Crippen molar-refractivity contribution < 1.29 is 18.0 Å². The number of amides is 2. The summed E-state index contributed by atoms with van der Waals surface area (Å²) in [4.78, 5) is 27.5. The number of carbonyl (C=O) groups excluding carboxylic acids is 2. The number of fused-ring (bicyclic) bond motifs is 1. The minimum Gasteiger partial charge on any atom is -0.370 e. The zero-order chi connectivity index (χ0) is 26.3. The first-order valence-corrected chi connectivity index (χ1v) is 13.8. The van der Waals surface area contributed by atoms with E-state index >= 15 is 0 Å². The monoisotopic (exact) mass is 516 g/mol. The SMILES string of the molecule is CCCC(NC(=O)NCC1CCN(C(=N)N)CC1)C(=O)C(C)NS(=O)(=O)c1ccc2ccccc2c1. The van der Waals surface area contributed by atoms with Gasteiger partial charge in [0.15, 0.2) is 11.7 Å². The second-order valence-corrected chi connectivity index (χ2v) is 11.0. The first-order valence-electron chi connectivity index (χ1n) is 12.3. The molecule has 0 saturated carbocycles. The standard InChI is InChI=1S/C25H36N6O4S/c1-3-6-22(29-25(33)28-16-18-11-13-31(14-12-18)24(26)27)23(32)17(2)30-36(34,35)21-10-9-19-7-4-5-8-20(19)15-21/h4-5,7-10,15,17-18,22,30H,3,6,11-14,16H2,1-2H3,(H3,26,27)(H2,28,29,33). The second kappa shape index (κ2) is 12.2. The topological polar surface area (TPSA) is 157 Å². The van der Waals surface area contributed by atoms with Crippen LogP contribution in [0, 0.1) is 11.3 Å². The molecule has 1 aliphatic heterocycles. The van der Waals surface area contributed by atoms with E-state index in [-0.39, 0.29) is 16.8 Å². The quantitative estimate of drug-likeness (QED) is 0.240. The van der Waals surface area contributed by atoms with E-state index in [2.05, 4.69) is 15.4 Å². The van der Waals surface area contributed by atoms with Gasteiger partial charge in [-0.25, -0.2) is 17.9 Å². The van der Waals surface area contributed by atoms with Crippen molar-refractivity contribution in [1.29, 1.82) is 5.41 Å². The highest BCUT2D eigenvalue weighted by Crippen LogP contribution is 2.19. The van der Waals surface area contributed by atoms with Gasteiger partial charge in [0.1, 0.15) is 0 Å². The average molecular weight is 517 g/mol. The van der Waals surface area contributed by atoms with Gasteiger partial charge >= 0.3 is 6.03 Å². The van der Waals surface area contributed by atoms with Gasteiger partial charge in [0.25, 0.3) is 0 Å². The molecule has 2 amide bonds. The Balaban J connectivity index is 1.56. The smallest absolute Gasteiger partial charge is 0.315 e. The molecule has 2 atom stereocenters. The Kier molecular flexibility index (Phi) is 9.27. The lowest BCUT2D eigenvalue weighted by atomic mass is 9.97. The number of benzene rings is 2. The molecule has 2 aromatic carbocycles. The molecule has 2 unspecified atom stereocenters. The third-order valence-electron chi connectivity index (χ3n) is 6.52. The van der Waals surface area contributed by atoms with E-state index in [4.69, 9.17) is 11.1 Å². The summed E-state index contributed by atoms with van der Waals surface area (Å²) in [7, 11) is -3.94. The first kappa shape index (κ1) is 27.4. The zero-order valence-electron chi connectivity index (χ0n) is 20.8. The molecule has 1 fully saturated rings. The Hall–Kier alpha value is -3.18. The number of piperidine rings is 1. The highest BCUT2D eigenvalue weighted by atomic mass is 32.2. The van der Waals surface area contributed by atoms with Crippen molar-refractivity contribution in [3.8, 4) is 0 Å². The number of nitrogens with one attached hydrogen (secondary N) is 4. The summed E-state index contributed by atoms with van der Waals surface area (Å²) < 4.78 is 28.4. The maximum Gasteiger partial charge on any atom is 0.315 e. The molecule has 0 aromatic heterocycles. The number of hydrogen-bond donors (Lipinski definition) is 5. The van der Waals surface area contributed by atoms with E-state index in [1.165, 1.54) is 13.0 Å². The number of carbonyl (C=O) groups is 2. The lowest BCUT2D eigenvalue weighted by Crippen LogP contribution is -2.53. The van der Waals surface area contributed by atoms with Crippen LogP contribution in [-0.4, -0.2) is 62.8 Å². The van der Waals surface area contributed by atoms with E-state index in [1.54, 1.807) is 17.0 Å². The molecule has 0 radical (unpaired) electrons. The molecule has 6 N–H and O–H groups in total. The number of likely N-dealkylation sites (tertiary alicyclic amines) is 1. The van der Waals surface area contributed by atoms with Crippen molar-refractivity contribution in [2.24, 2.45) is 11.7 Å². The highest BCUT2D eigenvalue weighted by Gasteiger charge is 2.29. The normalized spacial score (nSPS) is 16.3. The maximum atomic E-state index is 13.1. The second-order valence-electron chi connectivity index (χ2n) is 9.27. The van der Waals surface area contributed by atoms with Crippen LogP contribution in [0.5, 0.6) is 0 Å². The van der Waals surface area contributed by atoms with Crippen LogP contribution in [0.25, 0.3) is 10.8 Å². The Morgan fingerprint density at radius 3 is 2.44 bits per heavy atom. The molecule has 1 heterocycles. The van der Waals surface area contributed by atoms with Gasteiger partial charge in [-0.1, -0.05) is 43.7 Å². The van der Waals surface area contributed by atoms with E-state index < -0.39 is 33.9 Å². The molecule has 0 spiro atoms. The molecule has 11 heteroatoms. The number of rotatable bonds is 10. The van der Waals surface area contributed by atoms with Crippen molar-refractivity contribution in [2.45, 2.75) is 56.5 Å². The van der Waals surface area contributed by atoms with Crippen LogP contribution in [0.4, 0.5) is 4.79 Å². The Labute approximate surface area is 212 Å². The van der Waals surface area contributed by atoms with Gasteiger partial charge in [-0.05, 0) is 55.0 Å². The third kappa shape index (κ3) is 7.17. The van der Waals surface area contributed by atoms with Crippen LogP contribution in [-0.2, 0) is 14.8 Å². The summed E-state index contributed by atoms with van der Waals surface area (Å²) in [5, 5.41) is 14.7. The maximum absolute atomic E-state index is 13.1. The number of guanidine groups is 1. The molecular weight excluding hydrogens is 480 g/mol. The van der Waals surface area contributed by atoms with Crippen LogP contribution < -0.4 is 21.1 Å². The van der Waals surface area contributed by atoms with Gasteiger partial charge in [-0.15, -0.1) is 0 Å². The largest absolute Gasteiger partial charge is 0.370 e. The fourth-order valence-electron chi connectivity index (χ4n) is 4.39. The summed E-state index contributed by atoms with van der Waals surface area (Å²) >= 11 is 0. The average Bonchev–Trinajstić information content (AvgIpc) is 2.86. The summed E-state index contributed by atoms with van der Waals surface area (Å²) in [6.45, 7) is 5.19. The molecule has 3 rings (SSSR count). The van der Waals surface area contributed by atoms with Gasteiger partial charge in [0.2, 0.25) is 10.0 Å². The van der Waals surface area contributed by atoms with Gasteiger partial charge in [0.05, 0.1) is 17.0 Å². The van der Waals surface area contributed by atoms with Crippen molar-refractivity contribution >= 4 is 38.6 Å². The molecule has 1 saturated heterocycles.